The Morgan fingerprint density at radius 2 is 1.61 bits per heavy atom. The molecule has 1 aromatic heterocycles. The van der Waals surface area contributed by atoms with E-state index in [-0.39, 0.29) is 0 Å². The van der Waals surface area contributed by atoms with Crippen LogP contribution in [0.15, 0.2) is 14.4 Å². The highest BCUT2D eigenvalue weighted by Crippen LogP contribution is 1.98. The molecule has 0 aliphatic carbocycles. The fourth-order valence-corrected chi connectivity index (χ4v) is 1.35. The molecule has 3 N–H and O–H groups in total. The van der Waals surface area contributed by atoms with Gasteiger partial charge in [-0.1, -0.05) is 26.2 Å². The average molecular weight is 256 g/mol. The first kappa shape index (κ1) is 15.8. The Labute approximate surface area is 102 Å². The van der Waals surface area contributed by atoms with Crippen LogP contribution < -0.4 is 17.1 Å². The molecule has 0 aliphatic heterocycles. The summed E-state index contributed by atoms with van der Waals surface area (Å²) in [5.74, 6) is 0. The fraction of sp³-hybridized carbons (Fsp3) is 0.600. The molecule has 0 atom stereocenters. The third kappa shape index (κ3) is 5.76. The third-order valence-corrected chi connectivity index (χ3v) is 2.17. The largest absolute Gasteiger partial charge is 0.333 e. The maximum absolute atomic E-state index is 11.2. The lowest BCUT2D eigenvalue weighted by molar-refractivity contribution is 0.534. The number of aromatic amines is 2. The van der Waals surface area contributed by atoms with Gasteiger partial charge in [-0.25, -0.2) is 29.2 Å². The second-order valence-corrected chi connectivity index (χ2v) is 3.50. The first-order valence-electron chi connectivity index (χ1n) is 5.54. The van der Waals surface area contributed by atoms with E-state index in [0.29, 0.717) is 6.54 Å². The van der Waals surface area contributed by atoms with Crippen LogP contribution in [0.25, 0.3) is 0 Å². The van der Waals surface area contributed by atoms with Crippen LogP contribution in [0.5, 0.6) is 0 Å². The summed E-state index contributed by atoms with van der Waals surface area (Å²) in [6, 6.07) is 0. The maximum Gasteiger partial charge on any atom is 0.333 e. The van der Waals surface area contributed by atoms with Crippen LogP contribution in [0.3, 0.4) is 0 Å². The van der Waals surface area contributed by atoms with Crippen LogP contribution in [0.4, 0.5) is 0 Å². The second kappa shape index (κ2) is 8.89. The molecule has 100 valence electrons. The van der Waals surface area contributed by atoms with E-state index in [0.717, 1.165) is 36.3 Å². The number of carbonyl (C=O) groups excluding carboxylic acids is 1. The zero-order valence-electron chi connectivity index (χ0n) is 10.1. The molecule has 0 radical (unpaired) electrons. The highest BCUT2D eigenvalue weighted by atomic mass is 16.2. The van der Waals surface area contributed by atoms with E-state index in [1.807, 2.05) is 9.97 Å². The predicted octanol–water partition coefficient (Wildman–Crippen LogP) is -0.294. The van der Waals surface area contributed by atoms with Gasteiger partial charge in [-0.05, 0) is 6.42 Å². The summed E-state index contributed by atoms with van der Waals surface area (Å²) in [7, 11) is 0. The van der Waals surface area contributed by atoms with E-state index in [2.05, 4.69) is 6.92 Å². The molecule has 0 amide bonds. The summed E-state index contributed by atoms with van der Waals surface area (Å²) >= 11 is 0. The number of nitrogens with zero attached hydrogens (tertiary/aromatic N) is 1. The summed E-state index contributed by atoms with van der Waals surface area (Å²) in [5, 5.41) is 5.40. The van der Waals surface area contributed by atoms with Gasteiger partial charge < -0.3 is 0 Å². The minimum atomic E-state index is -0.755. The molecule has 0 fully saturated rings. The number of H-pyrrole nitrogens is 2. The monoisotopic (exact) mass is 256 g/mol. The Kier molecular flexibility index (Phi) is 7.80. The number of isocyanates is 1. The summed E-state index contributed by atoms with van der Waals surface area (Å²) < 4.78 is 1.01. The Morgan fingerprint density at radius 3 is 2.06 bits per heavy atom. The topological polar surface area (TPSA) is 129 Å². The molecule has 8 nitrogen and oxygen atoms in total. The van der Waals surface area contributed by atoms with E-state index in [4.69, 9.17) is 10.2 Å². The maximum atomic E-state index is 11.2. The van der Waals surface area contributed by atoms with Gasteiger partial charge in [0.25, 0.3) is 0 Å². The average Bonchev–Trinajstić information content (AvgIpc) is 2.28. The van der Waals surface area contributed by atoms with Crippen LogP contribution >= 0.6 is 0 Å². The molecule has 0 bridgehead atoms. The minimum Gasteiger partial charge on any atom is -0.259 e. The lowest BCUT2D eigenvalue weighted by Gasteiger charge is -2.01. The van der Waals surface area contributed by atoms with Gasteiger partial charge in [-0.2, -0.15) is 0 Å². The lowest BCUT2D eigenvalue weighted by Crippen LogP contribution is -2.43. The van der Waals surface area contributed by atoms with Crippen molar-refractivity contribution in [1.29, 1.82) is 5.41 Å². The predicted molar refractivity (Wildman–Crippen MR) is 64.5 cm³/mol. The molecule has 8 heteroatoms. The molecule has 18 heavy (non-hydrogen) atoms. The Balaban J connectivity index is 0.000000873. The summed E-state index contributed by atoms with van der Waals surface area (Å²) in [4.78, 5) is 45.5. The number of nitrogens with one attached hydrogen (secondary N) is 3. The molecular formula is C10H16N4O4. The Hall–Kier alpha value is -2.21. The highest BCUT2D eigenvalue weighted by Gasteiger charge is 2.01. The van der Waals surface area contributed by atoms with Crippen molar-refractivity contribution in [3.8, 4) is 0 Å². The summed E-state index contributed by atoms with van der Waals surface area (Å²) in [6.45, 7) is 2.43. The van der Waals surface area contributed by atoms with Crippen molar-refractivity contribution in [1.82, 2.24) is 14.5 Å². The van der Waals surface area contributed by atoms with Crippen molar-refractivity contribution >= 4 is 6.08 Å². The van der Waals surface area contributed by atoms with Crippen LogP contribution in [0.2, 0.25) is 0 Å². The molecular weight excluding hydrogens is 240 g/mol. The number of hydrogen-bond acceptors (Lipinski definition) is 5. The van der Waals surface area contributed by atoms with E-state index < -0.39 is 17.1 Å². The van der Waals surface area contributed by atoms with Gasteiger partial charge in [0.05, 0.1) is 0 Å². The minimum absolute atomic E-state index is 0.352. The molecule has 1 heterocycles. The number of aromatic nitrogens is 3. The molecule has 0 saturated carbocycles. The zero-order valence-corrected chi connectivity index (χ0v) is 10.1. The van der Waals surface area contributed by atoms with Gasteiger partial charge in [-0.15, -0.1) is 0 Å². The van der Waals surface area contributed by atoms with Gasteiger partial charge in [0.15, 0.2) is 0 Å². The second-order valence-electron chi connectivity index (χ2n) is 3.50. The molecule has 0 unspecified atom stereocenters. The van der Waals surface area contributed by atoms with E-state index in [1.54, 1.807) is 0 Å². The molecule has 0 aromatic carbocycles. The normalized spacial score (nSPS) is 9.17. The van der Waals surface area contributed by atoms with Crippen LogP contribution in [-0.2, 0) is 11.3 Å². The van der Waals surface area contributed by atoms with Crippen LogP contribution in [0, 0.1) is 5.41 Å². The Morgan fingerprint density at radius 1 is 1.11 bits per heavy atom. The molecule has 1 rings (SSSR count). The SMILES string of the molecule is CCCCCCn1c(=O)[nH]c(=O)[nH]c1=O.N=C=O. The van der Waals surface area contributed by atoms with Gasteiger partial charge in [-0.3, -0.25) is 9.97 Å². The summed E-state index contributed by atoms with van der Waals surface area (Å²) in [6.07, 6.45) is 4.66. The fourth-order valence-electron chi connectivity index (χ4n) is 1.35. The van der Waals surface area contributed by atoms with E-state index >= 15 is 0 Å². The van der Waals surface area contributed by atoms with Crippen molar-refractivity contribution < 1.29 is 4.79 Å². The van der Waals surface area contributed by atoms with Gasteiger partial charge in [0.1, 0.15) is 0 Å². The number of unbranched alkanes of at least 4 members (excludes halogenated alkanes) is 3. The van der Waals surface area contributed by atoms with Crippen molar-refractivity contribution in [2.24, 2.45) is 0 Å². The van der Waals surface area contributed by atoms with Crippen molar-refractivity contribution in [3.05, 3.63) is 31.5 Å². The third-order valence-electron chi connectivity index (χ3n) is 2.17. The first-order valence-corrected chi connectivity index (χ1v) is 5.54. The van der Waals surface area contributed by atoms with Crippen molar-refractivity contribution in [3.63, 3.8) is 0 Å². The molecule has 0 aliphatic rings. The standard InChI is InChI=1S/C9H15N3O3.CHNO/c1-2-3-4-5-6-12-8(14)10-7(13)11-9(12)15;2-1-3/h2-6H2,1H3,(H2,10,11,13,14,15);2H. The zero-order chi connectivity index (χ0) is 14.0. The van der Waals surface area contributed by atoms with Gasteiger partial charge in [0, 0.05) is 6.54 Å². The smallest absolute Gasteiger partial charge is 0.259 e. The van der Waals surface area contributed by atoms with Crippen LogP contribution in [0.1, 0.15) is 32.6 Å². The van der Waals surface area contributed by atoms with Crippen LogP contribution in [-0.4, -0.2) is 20.6 Å². The molecule has 0 saturated heterocycles. The van der Waals surface area contributed by atoms with Gasteiger partial charge >= 0.3 is 17.1 Å². The van der Waals surface area contributed by atoms with E-state index in [1.165, 1.54) is 0 Å². The summed E-state index contributed by atoms with van der Waals surface area (Å²) in [5.41, 5.74) is -2.03. The van der Waals surface area contributed by atoms with E-state index in [9.17, 15) is 14.4 Å². The lowest BCUT2D eigenvalue weighted by atomic mass is 10.2. The number of rotatable bonds is 5. The first-order chi connectivity index (χ1) is 8.56. The van der Waals surface area contributed by atoms with Crippen molar-refractivity contribution in [2.75, 3.05) is 0 Å². The number of hydrogen-bond donors (Lipinski definition) is 3. The van der Waals surface area contributed by atoms with Crippen molar-refractivity contribution in [2.45, 2.75) is 39.2 Å². The Bertz CT molecular complexity index is 514. The molecule has 1 aromatic rings. The highest BCUT2D eigenvalue weighted by molar-refractivity contribution is 5.26. The molecule has 0 spiro atoms. The van der Waals surface area contributed by atoms with Gasteiger partial charge in [0.2, 0.25) is 6.08 Å². The quantitative estimate of drug-likeness (QED) is 0.379.